The van der Waals surface area contributed by atoms with Crippen LogP contribution in [0.3, 0.4) is 0 Å². The number of methoxy groups -OCH3 is 2. The van der Waals surface area contributed by atoms with Crippen LogP contribution in [0.2, 0.25) is 0 Å². The molecule has 10 heteroatoms. The molecule has 2 aromatic rings. The number of thioether (sulfide) groups is 1. The van der Waals surface area contributed by atoms with Crippen molar-refractivity contribution < 1.29 is 27.4 Å². The third-order valence-electron chi connectivity index (χ3n) is 5.83. The van der Waals surface area contributed by atoms with Gasteiger partial charge in [0.25, 0.3) is 5.92 Å². The van der Waals surface area contributed by atoms with Crippen molar-refractivity contribution in [2.45, 2.75) is 37.1 Å². The third kappa shape index (κ3) is 5.16. The maximum Gasteiger partial charge on any atom is 0.325 e. The lowest BCUT2D eigenvalue weighted by Crippen LogP contribution is -2.49. The lowest BCUT2D eigenvalue weighted by atomic mass is 9.76. The van der Waals surface area contributed by atoms with Gasteiger partial charge in [-0.1, -0.05) is 46.7 Å². The van der Waals surface area contributed by atoms with Gasteiger partial charge in [0.1, 0.15) is 11.6 Å². The average molecular weight is 545 g/mol. The van der Waals surface area contributed by atoms with Crippen molar-refractivity contribution >= 4 is 38.8 Å². The van der Waals surface area contributed by atoms with E-state index >= 15 is 8.78 Å². The second-order valence-electron chi connectivity index (χ2n) is 7.81. The number of esters is 1. The molecule has 3 atom stereocenters. The molecule has 0 fully saturated rings. The van der Waals surface area contributed by atoms with E-state index in [9.17, 15) is 9.18 Å². The number of nitrogens with one attached hydrogen (secondary N) is 1. The first kappa shape index (κ1) is 25.4. The van der Waals surface area contributed by atoms with Crippen molar-refractivity contribution in [1.29, 1.82) is 0 Å². The summed E-state index contributed by atoms with van der Waals surface area (Å²) in [7, 11) is 2.61. The van der Waals surface area contributed by atoms with Crippen LogP contribution in [0.25, 0.3) is 0 Å². The highest BCUT2D eigenvalue weighted by atomic mass is 79.9. The fourth-order valence-electron chi connectivity index (χ4n) is 3.62. The monoisotopic (exact) mass is 544 g/mol. The summed E-state index contributed by atoms with van der Waals surface area (Å²) in [4.78, 5) is 16.9. The van der Waals surface area contributed by atoms with E-state index in [0.717, 1.165) is 12.7 Å². The van der Waals surface area contributed by atoms with Crippen LogP contribution in [0.15, 0.2) is 51.9 Å². The molecule has 0 aromatic heterocycles. The highest BCUT2D eigenvalue weighted by Crippen LogP contribution is 2.50. The first-order valence-corrected chi connectivity index (χ1v) is 11.7. The predicted molar refractivity (Wildman–Crippen MR) is 126 cm³/mol. The van der Waals surface area contributed by atoms with Gasteiger partial charge in [0.05, 0.1) is 25.7 Å². The van der Waals surface area contributed by atoms with Gasteiger partial charge in [-0.05, 0) is 42.8 Å². The Labute approximate surface area is 203 Å². The maximum absolute atomic E-state index is 15.6. The molecule has 0 spiro atoms. The Hall–Kier alpha value is -2.20. The molecule has 1 aliphatic heterocycles. The number of halogens is 4. The highest BCUT2D eigenvalue weighted by molar-refractivity contribution is 9.10. The molecule has 0 saturated carbocycles. The second-order valence-corrected chi connectivity index (χ2v) is 9.82. The molecule has 1 N–H and O–H groups in total. The van der Waals surface area contributed by atoms with Gasteiger partial charge >= 0.3 is 5.97 Å². The van der Waals surface area contributed by atoms with Crippen molar-refractivity contribution in [2.24, 2.45) is 10.9 Å². The number of carbonyl (C=O) groups excluding carboxylic acids is 1. The molecule has 1 heterocycles. The third-order valence-corrected chi connectivity index (χ3v) is 7.52. The summed E-state index contributed by atoms with van der Waals surface area (Å²) < 4.78 is 56.4. The fraction of sp³-hybridized carbons (Fsp3) is 0.391. The highest BCUT2D eigenvalue weighted by Gasteiger charge is 2.59. The number of carbonyl (C=O) groups is 1. The van der Waals surface area contributed by atoms with Crippen molar-refractivity contribution in [3.8, 4) is 5.75 Å². The molecule has 178 valence electrons. The molecule has 0 amide bonds. The quantitative estimate of drug-likeness (QED) is 0.502. The first-order valence-electron chi connectivity index (χ1n) is 10.1. The normalized spacial score (nSPS) is 24.4. The number of nitrogens with zero attached hydrogens (tertiary/aromatic N) is 1. The number of rotatable bonds is 5. The van der Waals surface area contributed by atoms with E-state index in [4.69, 9.17) is 4.74 Å². The molecule has 0 bridgehead atoms. The van der Waals surface area contributed by atoms with E-state index in [2.05, 4.69) is 31.0 Å². The Morgan fingerprint density at radius 3 is 2.48 bits per heavy atom. The van der Waals surface area contributed by atoms with E-state index in [1.54, 1.807) is 19.2 Å². The molecule has 0 saturated heterocycles. The van der Waals surface area contributed by atoms with Gasteiger partial charge in [-0.2, -0.15) is 0 Å². The molecule has 3 rings (SSSR count). The van der Waals surface area contributed by atoms with E-state index in [0.29, 0.717) is 22.0 Å². The zero-order valence-electron chi connectivity index (χ0n) is 18.5. The van der Waals surface area contributed by atoms with Gasteiger partial charge in [0.2, 0.25) is 0 Å². The summed E-state index contributed by atoms with van der Waals surface area (Å²) in [5.41, 5.74) is -0.831. The van der Waals surface area contributed by atoms with Crippen LogP contribution in [0.5, 0.6) is 5.75 Å². The zero-order valence-corrected chi connectivity index (χ0v) is 20.9. The number of alkyl halides is 2. The number of ether oxygens (including phenoxy) is 2. The average Bonchev–Trinajstić information content (AvgIpc) is 2.88. The Bertz CT molecular complexity index is 1050. The minimum atomic E-state index is -3.55. The van der Waals surface area contributed by atoms with Gasteiger partial charge < -0.3 is 14.8 Å². The Morgan fingerprint density at radius 1 is 1.21 bits per heavy atom. The molecule has 5 nitrogen and oxygen atoms in total. The summed E-state index contributed by atoms with van der Waals surface area (Å²) in [5, 5.41) is 1.28. The smallest absolute Gasteiger partial charge is 0.325 e. The molecular weight excluding hydrogens is 521 g/mol. The lowest BCUT2D eigenvalue weighted by Gasteiger charge is -2.37. The number of aliphatic imine (C=N–C) groups is 1. The van der Waals surface area contributed by atoms with Gasteiger partial charge in [-0.25, -0.2) is 13.2 Å². The van der Waals surface area contributed by atoms with Crippen molar-refractivity contribution in [2.75, 3.05) is 14.2 Å². The van der Waals surface area contributed by atoms with Gasteiger partial charge in [-0.15, -0.1) is 0 Å². The molecule has 0 radical (unpaired) electrons. The first-order chi connectivity index (χ1) is 15.5. The van der Waals surface area contributed by atoms with Crippen LogP contribution in [-0.2, 0) is 21.6 Å². The maximum atomic E-state index is 15.6. The van der Waals surface area contributed by atoms with Crippen molar-refractivity contribution in [3.05, 3.63) is 63.9 Å². The summed E-state index contributed by atoms with van der Waals surface area (Å²) in [6.07, 6.45) is 0. The van der Waals surface area contributed by atoms with Gasteiger partial charge in [-0.3, -0.25) is 9.79 Å². The fourth-order valence-corrected chi connectivity index (χ4v) is 5.16. The van der Waals surface area contributed by atoms with Crippen LogP contribution >= 0.6 is 27.7 Å². The van der Waals surface area contributed by atoms with Crippen LogP contribution < -0.4 is 10.1 Å². The number of hydrogen-bond donors (Lipinski definition) is 1. The summed E-state index contributed by atoms with van der Waals surface area (Å²) in [6.45, 7) is 2.97. The topological polar surface area (TPSA) is 59.9 Å². The minimum Gasteiger partial charge on any atom is -0.497 e. The van der Waals surface area contributed by atoms with Crippen molar-refractivity contribution in [1.82, 2.24) is 5.32 Å². The molecule has 33 heavy (non-hydrogen) atoms. The predicted octanol–water partition coefficient (Wildman–Crippen LogP) is 5.52. The standard InChI is InChI=1S/C23H24BrF3N2O3S/c1-13-22(2,17-11-15(24)7-10-18(17)25)29-21(33-19(20(30)32-4)23(13,26)27)28-12-14-5-8-16(31-3)9-6-14/h5-11,13,19H,12H2,1-4H3,(H,28,29)/t13-,19-,22-/m0/s1. The number of hydrogen-bond acceptors (Lipinski definition) is 6. The summed E-state index contributed by atoms with van der Waals surface area (Å²) in [5.74, 6) is -6.13. The minimum absolute atomic E-state index is 0.00101. The Balaban J connectivity index is 2.06. The summed E-state index contributed by atoms with van der Waals surface area (Å²) >= 11 is 3.87. The van der Waals surface area contributed by atoms with Crippen molar-refractivity contribution in [3.63, 3.8) is 0 Å². The van der Waals surface area contributed by atoms with Crippen LogP contribution in [0.1, 0.15) is 25.0 Å². The number of benzene rings is 2. The van der Waals surface area contributed by atoms with Gasteiger partial charge in [0.15, 0.2) is 10.4 Å². The SMILES string of the molecule is COC(=O)[C@@H]1SC(NCc2ccc(OC)cc2)=N[C@](C)(c2cc(Br)ccc2F)[C@H](C)C1(F)F. The van der Waals surface area contributed by atoms with Crippen LogP contribution in [0, 0.1) is 11.7 Å². The molecular formula is C23H24BrF3N2O3S. The van der Waals surface area contributed by atoms with E-state index in [1.807, 2.05) is 12.1 Å². The largest absolute Gasteiger partial charge is 0.497 e. The van der Waals surface area contributed by atoms with Crippen LogP contribution in [0.4, 0.5) is 13.2 Å². The summed E-state index contributed by atoms with van der Waals surface area (Å²) in [6, 6.07) is 11.3. The number of amidine groups is 1. The molecule has 0 unspecified atom stereocenters. The molecule has 0 aliphatic carbocycles. The van der Waals surface area contributed by atoms with E-state index < -0.39 is 34.4 Å². The second kappa shape index (κ2) is 9.97. The van der Waals surface area contributed by atoms with E-state index in [-0.39, 0.29) is 17.3 Å². The Morgan fingerprint density at radius 2 is 1.88 bits per heavy atom. The van der Waals surface area contributed by atoms with Gasteiger partial charge in [0, 0.05) is 16.6 Å². The lowest BCUT2D eigenvalue weighted by molar-refractivity contribution is -0.152. The zero-order chi connectivity index (χ0) is 24.4. The van der Waals surface area contributed by atoms with E-state index in [1.165, 1.54) is 32.0 Å². The molecule has 1 aliphatic rings. The Kier molecular flexibility index (Phi) is 7.68. The van der Waals surface area contributed by atoms with Crippen LogP contribution in [-0.4, -0.2) is 36.5 Å². The molecule has 2 aromatic carbocycles.